The van der Waals surface area contributed by atoms with Gasteiger partial charge in [-0.15, -0.1) is 0 Å². The number of nitrogen functional groups attached to an aromatic ring is 1. The maximum Gasteiger partial charge on any atom is 0.411 e. The lowest BCUT2D eigenvalue weighted by molar-refractivity contribution is -0.0933. The summed E-state index contributed by atoms with van der Waals surface area (Å²) in [5.74, 6) is 3.73. The highest BCUT2D eigenvalue weighted by atomic mass is 16.6. The van der Waals surface area contributed by atoms with Gasteiger partial charge in [-0.05, 0) is 106 Å². The van der Waals surface area contributed by atoms with Crippen molar-refractivity contribution in [2.75, 3.05) is 17.7 Å². The summed E-state index contributed by atoms with van der Waals surface area (Å²) in [5, 5.41) is 4.05. The van der Waals surface area contributed by atoms with Crippen LogP contribution in [0.25, 0.3) is 22.2 Å². The molecule has 5 saturated carbocycles. The van der Waals surface area contributed by atoms with Crippen molar-refractivity contribution in [2.45, 2.75) is 70.4 Å². The second-order valence-electron chi connectivity index (χ2n) is 11.8. The molecule has 5 aliphatic rings. The third-order valence-corrected chi connectivity index (χ3v) is 9.55. The van der Waals surface area contributed by atoms with Crippen LogP contribution in [-0.2, 0) is 4.74 Å². The van der Waals surface area contributed by atoms with E-state index in [1.807, 2.05) is 25.1 Å². The van der Waals surface area contributed by atoms with Crippen LogP contribution in [0.15, 0.2) is 42.5 Å². The molecule has 8 rings (SSSR count). The largest absolute Gasteiger partial charge is 0.494 e. The summed E-state index contributed by atoms with van der Waals surface area (Å²) in [6.07, 6.45) is 9.67. The topological polar surface area (TPSA) is 78.5 Å². The second kappa shape index (κ2) is 9.00. The SMILES string of the molecule is CCOc1ccc2c(N)c(-c3ccc(NC(=O)OC4C5CC6CC(C5)CC4C6)cc3)n(C3CCC3)c2c1. The molecule has 0 unspecified atom stereocenters. The standard InChI is InChI=1S/C31H37N3O3/c1-2-36-25-10-11-26-27(17-25)34(24-4-3-5-24)29(28(26)32)20-6-8-23(9-7-20)33-31(35)37-30-21-13-18-12-19(15-21)16-22(30)14-18/h6-11,17-19,21-22,24,30H,2-5,12-16,32H2,1H3,(H,33,35). The number of carbonyl (C=O) groups is 1. The van der Waals surface area contributed by atoms with Crippen molar-refractivity contribution in [1.29, 1.82) is 0 Å². The molecule has 2 aromatic carbocycles. The Hall–Kier alpha value is -3.15. The van der Waals surface area contributed by atoms with Gasteiger partial charge in [-0.3, -0.25) is 5.32 Å². The molecule has 6 heteroatoms. The fourth-order valence-corrected chi connectivity index (χ4v) is 7.94. The molecule has 0 spiro atoms. The predicted molar refractivity (Wildman–Crippen MR) is 147 cm³/mol. The summed E-state index contributed by atoms with van der Waals surface area (Å²) in [4.78, 5) is 12.8. The van der Waals surface area contributed by atoms with Crippen molar-refractivity contribution in [2.24, 2.45) is 23.7 Å². The number of carbonyl (C=O) groups excluding carboxylic acids is 1. The van der Waals surface area contributed by atoms with Crippen LogP contribution >= 0.6 is 0 Å². The molecule has 1 heterocycles. The second-order valence-corrected chi connectivity index (χ2v) is 11.8. The Morgan fingerprint density at radius 2 is 1.70 bits per heavy atom. The Morgan fingerprint density at radius 3 is 2.32 bits per heavy atom. The van der Waals surface area contributed by atoms with Crippen molar-refractivity contribution < 1.29 is 14.3 Å². The molecule has 1 aromatic heterocycles. The fourth-order valence-electron chi connectivity index (χ4n) is 7.94. The lowest BCUT2D eigenvalue weighted by atomic mass is 9.55. The monoisotopic (exact) mass is 499 g/mol. The Balaban J connectivity index is 1.12. The number of anilines is 2. The zero-order valence-corrected chi connectivity index (χ0v) is 21.6. The summed E-state index contributed by atoms with van der Waals surface area (Å²) in [5.41, 5.74) is 11.5. The number of hydrogen-bond acceptors (Lipinski definition) is 4. The number of nitrogens with two attached hydrogens (primary N) is 1. The van der Waals surface area contributed by atoms with Gasteiger partial charge in [-0.1, -0.05) is 12.1 Å². The molecule has 5 fully saturated rings. The predicted octanol–water partition coefficient (Wildman–Crippen LogP) is 7.39. The average Bonchev–Trinajstić information content (AvgIpc) is 3.12. The van der Waals surface area contributed by atoms with E-state index in [0.717, 1.165) is 64.0 Å². The lowest BCUT2D eigenvalue weighted by Gasteiger charge is -2.53. The van der Waals surface area contributed by atoms with Gasteiger partial charge in [0.25, 0.3) is 0 Å². The van der Waals surface area contributed by atoms with Crippen LogP contribution in [0.5, 0.6) is 5.75 Å². The number of benzene rings is 2. The Bertz CT molecular complexity index is 1300. The molecule has 1 amide bonds. The number of ether oxygens (including phenoxy) is 2. The highest BCUT2D eigenvalue weighted by molar-refractivity contribution is 6.01. The van der Waals surface area contributed by atoms with E-state index in [1.54, 1.807) is 0 Å². The van der Waals surface area contributed by atoms with Gasteiger partial charge < -0.3 is 19.8 Å². The van der Waals surface area contributed by atoms with E-state index in [-0.39, 0.29) is 12.2 Å². The number of aromatic nitrogens is 1. The van der Waals surface area contributed by atoms with Crippen LogP contribution in [0.2, 0.25) is 0 Å². The van der Waals surface area contributed by atoms with E-state index in [0.29, 0.717) is 24.5 Å². The van der Waals surface area contributed by atoms with Crippen LogP contribution < -0.4 is 15.8 Å². The first-order valence-electron chi connectivity index (χ1n) is 14.2. The smallest absolute Gasteiger partial charge is 0.411 e. The molecule has 3 aromatic rings. The van der Waals surface area contributed by atoms with Gasteiger partial charge in [-0.2, -0.15) is 0 Å². The van der Waals surface area contributed by atoms with Gasteiger partial charge in [-0.25, -0.2) is 4.79 Å². The Kier molecular flexibility index (Phi) is 5.60. The summed E-state index contributed by atoms with van der Waals surface area (Å²) in [6, 6.07) is 14.7. The van der Waals surface area contributed by atoms with Gasteiger partial charge in [0.1, 0.15) is 11.9 Å². The molecule has 0 saturated heterocycles. The summed E-state index contributed by atoms with van der Waals surface area (Å²) in [6.45, 7) is 2.64. The van der Waals surface area contributed by atoms with E-state index in [1.165, 1.54) is 38.5 Å². The molecule has 0 atom stereocenters. The van der Waals surface area contributed by atoms with Crippen LogP contribution in [0.1, 0.15) is 64.3 Å². The van der Waals surface area contributed by atoms with Gasteiger partial charge in [0.2, 0.25) is 0 Å². The van der Waals surface area contributed by atoms with Crippen molar-refractivity contribution in [3.8, 4) is 17.0 Å². The Labute approximate surface area is 218 Å². The highest BCUT2D eigenvalue weighted by Crippen LogP contribution is 2.54. The normalized spacial score (nSPS) is 28.3. The quantitative estimate of drug-likeness (QED) is 0.371. The van der Waals surface area contributed by atoms with Crippen molar-refractivity contribution in [1.82, 2.24) is 4.57 Å². The first-order chi connectivity index (χ1) is 18.1. The van der Waals surface area contributed by atoms with Crippen LogP contribution in [0.4, 0.5) is 16.2 Å². The van der Waals surface area contributed by atoms with E-state index >= 15 is 0 Å². The highest BCUT2D eigenvalue weighted by Gasteiger charge is 2.50. The molecule has 194 valence electrons. The van der Waals surface area contributed by atoms with Crippen molar-refractivity contribution >= 4 is 28.4 Å². The number of fused-ring (bicyclic) bond motifs is 1. The minimum Gasteiger partial charge on any atom is -0.494 e. The molecule has 0 radical (unpaired) electrons. The summed E-state index contributed by atoms with van der Waals surface area (Å²) < 4.78 is 14.2. The number of nitrogens with one attached hydrogen (secondary N) is 1. The molecule has 5 aliphatic carbocycles. The van der Waals surface area contributed by atoms with Gasteiger partial charge in [0, 0.05) is 28.7 Å². The summed E-state index contributed by atoms with van der Waals surface area (Å²) in [7, 11) is 0. The number of amides is 1. The van der Waals surface area contributed by atoms with Gasteiger partial charge >= 0.3 is 6.09 Å². The van der Waals surface area contributed by atoms with Crippen molar-refractivity contribution in [3.05, 3.63) is 42.5 Å². The summed E-state index contributed by atoms with van der Waals surface area (Å²) >= 11 is 0. The van der Waals surface area contributed by atoms with E-state index in [9.17, 15) is 4.79 Å². The van der Waals surface area contributed by atoms with E-state index in [2.05, 4.69) is 34.1 Å². The minimum absolute atomic E-state index is 0.0895. The van der Waals surface area contributed by atoms with Gasteiger partial charge in [0.05, 0.1) is 23.5 Å². The molecule has 6 nitrogen and oxygen atoms in total. The van der Waals surface area contributed by atoms with Crippen molar-refractivity contribution in [3.63, 3.8) is 0 Å². The molecule has 37 heavy (non-hydrogen) atoms. The van der Waals surface area contributed by atoms with Crippen LogP contribution in [0.3, 0.4) is 0 Å². The molecule has 4 bridgehead atoms. The third-order valence-electron chi connectivity index (χ3n) is 9.55. The van der Waals surface area contributed by atoms with Gasteiger partial charge in [0.15, 0.2) is 0 Å². The fraction of sp³-hybridized carbons (Fsp3) is 0.516. The first kappa shape index (κ1) is 23.0. The Morgan fingerprint density at radius 1 is 1.00 bits per heavy atom. The molecule has 0 aliphatic heterocycles. The molecular weight excluding hydrogens is 462 g/mol. The van der Waals surface area contributed by atoms with Crippen LogP contribution in [0, 0.1) is 23.7 Å². The maximum atomic E-state index is 12.8. The number of rotatable bonds is 6. The zero-order chi connectivity index (χ0) is 25.1. The minimum atomic E-state index is -0.322. The zero-order valence-electron chi connectivity index (χ0n) is 21.6. The third kappa shape index (κ3) is 3.96. The molecule has 3 N–H and O–H groups in total. The molecular formula is C31H37N3O3. The first-order valence-corrected chi connectivity index (χ1v) is 14.2. The lowest BCUT2D eigenvalue weighted by Crippen LogP contribution is -2.50. The van der Waals surface area contributed by atoms with E-state index < -0.39 is 0 Å². The number of hydrogen-bond donors (Lipinski definition) is 2. The van der Waals surface area contributed by atoms with Crippen LogP contribution in [-0.4, -0.2) is 23.4 Å². The number of nitrogens with zero attached hydrogens (tertiary/aromatic N) is 1. The average molecular weight is 500 g/mol. The van der Waals surface area contributed by atoms with E-state index in [4.69, 9.17) is 15.2 Å². The maximum absolute atomic E-state index is 12.8.